The van der Waals surface area contributed by atoms with E-state index < -0.39 is 10.0 Å². The van der Waals surface area contributed by atoms with E-state index >= 15 is 0 Å². The van der Waals surface area contributed by atoms with Crippen LogP contribution < -0.4 is 5.56 Å². The van der Waals surface area contributed by atoms with Crippen LogP contribution in [0.3, 0.4) is 0 Å². The SMILES string of the molecule is Cc1sc2ncn(Cc3cccc(S(=O)(=O)N4CCOCC4)c3)c(=O)c2c1C. The van der Waals surface area contributed by atoms with Gasteiger partial charge in [-0.25, -0.2) is 13.4 Å². The summed E-state index contributed by atoms with van der Waals surface area (Å²) in [6, 6.07) is 6.75. The zero-order valence-corrected chi connectivity index (χ0v) is 17.3. The number of fused-ring (bicyclic) bond motifs is 1. The largest absolute Gasteiger partial charge is 0.379 e. The maximum atomic E-state index is 12.9. The summed E-state index contributed by atoms with van der Waals surface area (Å²) in [5, 5.41) is 0.641. The molecule has 0 saturated carbocycles. The lowest BCUT2D eigenvalue weighted by atomic mass is 10.2. The average molecular weight is 420 g/mol. The van der Waals surface area contributed by atoms with Gasteiger partial charge in [0.2, 0.25) is 10.0 Å². The first-order chi connectivity index (χ1) is 13.4. The van der Waals surface area contributed by atoms with Crippen LogP contribution in [0.25, 0.3) is 10.2 Å². The number of ether oxygens (including phenoxy) is 1. The lowest BCUT2D eigenvalue weighted by molar-refractivity contribution is 0.0730. The lowest BCUT2D eigenvalue weighted by Gasteiger charge is -2.26. The number of benzene rings is 1. The molecule has 7 nitrogen and oxygen atoms in total. The molecule has 0 N–H and O–H groups in total. The summed E-state index contributed by atoms with van der Waals surface area (Å²) in [6.45, 7) is 5.68. The predicted octanol–water partition coefficient (Wildman–Crippen LogP) is 2.14. The van der Waals surface area contributed by atoms with Crippen molar-refractivity contribution in [3.05, 3.63) is 57.0 Å². The minimum atomic E-state index is -3.57. The van der Waals surface area contributed by atoms with Crippen molar-refractivity contribution < 1.29 is 13.2 Å². The van der Waals surface area contributed by atoms with E-state index in [2.05, 4.69) is 4.98 Å². The second-order valence-corrected chi connectivity index (χ2v) is 9.95. The molecule has 1 fully saturated rings. The Morgan fingerprint density at radius 2 is 1.96 bits per heavy atom. The van der Waals surface area contributed by atoms with E-state index in [-0.39, 0.29) is 17.0 Å². The van der Waals surface area contributed by atoms with Crippen LogP contribution in [0, 0.1) is 13.8 Å². The van der Waals surface area contributed by atoms with Crippen molar-refractivity contribution in [2.45, 2.75) is 25.3 Å². The van der Waals surface area contributed by atoms with Crippen LogP contribution in [-0.4, -0.2) is 48.6 Å². The molecule has 0 bridgehead atoms. The number of nitrogens with zero attached hydrogens (tertiary/aromatic N) is 3. The molecule has 0 unspecified atom stereocenters. The second kappa shape index (κ2) is 7.40. The van der Waals surface area contributed by atoms with Crippen molar-refractivity contribution in [2.24, 2.45) is 0 Å². The Morgan fingerprint density at radius 3 is 2.71 bits per heavy atom. The quantitative estimate of drug-likeness (QED) is 0.647. The van der Waals surface area contributed by atoms with Gasteiger partial charge in [-0.1, -0.05) is 12.1 Å². The molecule has 4 rings (SSSR count). The van der Waals surface area contributed by atoms with Crippen LogP contribution in [0.4, 0.5) is 0 Å². The highest BCUT2D eigenvalue weighted by Gasteiger charge is 2.26. The molecule has 3 aromatic rings. The molecule has 1 saturated heterocycles. The molecule has 0 spiro atoms. The summed E-state index contributed by atoms with van der Waals surface area (Å²) in [7, 11) is -3.57. The van der Waals surface area contributed by atoms with Gasteiger partial charge in [0.15, 0.2) is 0 Å². The molecule has 9 heteroatoms. The van der Waals surface area contributed by atoms with Gasteiger partial charge in [-0.15, -0.1) is 11.3 Å². The highest BCUT2D eigenvalue weighted by molar-refractivity contribution is 7.89. The molecule has 0 aliphatic carbocycles. The molecule has 0 atom stereocenters. The summed E-state index contributed by atoms with van der Waals surface area (Å²) in [5.74, 6) is 0. The maximum Gasteiger partial charge on any atom is 0.262 e. The van der Waals surface area contributed by atoms with Crippen LogP contribution in [0.15, 0.2) is 40.3 Å². The summed E-state index contributed by atoms with van der Waals surface area (Å²) >= 11 is 1.51. The number of rotatable bonds is 4. The lowest BCUT2D eigenvalue weighted by Crippen LogP contribution is -2.40. The normalized spacial score (nSPS) is 15.9. The molecule has 0 amide bonds. The molecule has 3 heterocycles. The maximum absolute atomic E-state index is 12.9. The number of sulfonamides is 1. The summed E-state index contributed by atoms with van der Waals surface area (Å²) in [6.07, 6.45) is 1.53. The van der Waals surface area contributed by atoms with Crippen LogP contribution in [0.2, 0.25) is 0 Å². The molecular formula is C19H21N3O4S2. The zero-order valence-electron chi connectivity index (χ0n) is 15.7. The Labute approximate surface area is 167 Å². The Morgan fingerprint density at radius 1 is 1.21 bits per heavy atom. The monoisotopic (exact) mass is 419 g/mol. The van der Waals surface area contributed by atoms with Gasteiger partial charge < -0.3 is 4.74 Å². The van der Waals surface area contributed by atoms with Crippen LogP contribution >= 0.6 is 11.3 Å². The summed E-state index contributed by atoms with van der Waals surface area (Å²) in [4.78, 5) is 19.3. The van der Waals surface area contributed by atoms with Gasteiger partial charge in [-0.05, 0) is 37.1 Å². The van der Waals surface area contributed by atoms with E-state index in [9.17, 15) is 13.2 Å². The van der Waals surface area contributed by atoms with Crippen LogP contribution in [0.1, 0.15) is 16.0 Å². The first kappa shape index (κ1) is 19.3. The van der Waals surface area contributed by atoms with Gasteiger partial charge in [-0.2, -0.15) is 4.31 Å². The summed E-state index contributed by atoms with van der Waals surface area (Å²) in [5.41, 5.74) is 1.59. The molecule has 148 valence electrons. The topological polar surface area (TPSA) is 81.5 Å². The Kier molecular flexibility index (Phi) is 5.09. The number of aromatic nitrogens is 2. The van der Waals surface area contributed by atoms with Gasteiger partial charge in [0.05, 0.1) is 36.4 Å². The number of morpholine rings is 1. The first-order valence-corrected chi connectivity index (χ1v) is 11.3. The zero-order chi connectivity index (χ0) is 19.9. The minimum absolute atomic E-state index is 0.103. The Bertz CT molecular complexity index is 1190. The number of aryl methyl sites for hydroxylation is 2. The third-order valence-electron chi connectivity index (χ3n) is 5.02. The third kappa shape index (κ3) is 3.39. The van der Waals surface area contributed by atoms with Gasteiger partial charge >= 0.3 is 0 Å². The summed E-state index contributed by atoms with van der Waals surface area (Å²) < 4.78 is 34.0. The van der Waals surface area contributed by atoms with Crippen molar-refractivity contribution in [1.82, 2.24) is 13.9 Å². The van der Waals surface area contributed by atoms with E-state index in [4.69, 9.17) is 4.74 Å². The Hall–Kier alpha value is -2.07. The fraction of sp³-hybridized carbons (Fsp3) is 0.368. The molecule has 28 heavy (non-hydrogen) atoms. The van der Waals surface area contributed by atoms with Crippen molar-refractivity contribution in [3.8, 4) is 0 Å². The van der Waals surface area contributed by atoms with Gasteiger partial charge in [0.25, 0.3) is 5.56 Å². The van der Waals surface area contributed by atoms with E-state index in [1.54, 1.807) is 18.2 Å². The highest BCUT2D eigenvalue weighted by atomic mass is 32.2. The molecule has 1 aliphatic heterocycles. The van der Waals surface area contributed by atoms with Crippen molar-refractivity contribution in [3.63, 3.8) is 0 Å². The molecule has 0 radical (unpaired) electrons. The third-order valence-corrected chi connectivity index (χ3v) is 8.02. The average Bonchev–Trinajstić information content (AvgIpc) is 2.99. The van der Waals surface area contributed by atoms with Gasteiger partial charge in [0.1, 0.15) is 4.83 Å². The van der Waals surface area contributed by atoms with Crippen LogP contribution in [-0.2, 0) is 21.3 Å². The second-order valence-electron chi connectivity index (χ2n) is 6.80. The molecule has 2 aromatic heterocycles. The predicted molar refractivity (Wildman–Crippen MR) is 108 cm³/mol. The standard InChI is InChI=1S/C19H21N3O4S2/c1-13-14(2)27-18-17(13)19(23)21(12-20-18)11-15-4-3-5-16(10-15)28(24,25)22-6-8-26-9-7-22/h3-5,10,12H,6-9,11H2,1-2H3. The number of hydrogen-bond acceptors (Lipinski definition) is 6. The van der Waals surface area contributed by atoms with E-state index in [1.807, 2.05) is 19.9 Å². The molecule has 1 aromatic carbocycles. The van der Waals surface area contributed by atoms with Crippen LogP contribution in [0.5, 0.6) is 0 Å². The van der Waals surface area contributed by atoms with E-state index in [0.29, 0.717) is 31.7 Å². The van der Waals surface area contributed by atoms with E-state index in [0.717, 1.165) is 20.8 Å². The number of thiophene rings is 1. The van der Waals surface area contributed by atoms with Crippen molar-refractivity contribution >= 4 is 31.6 Å². The van der Waals surface area contributed by atoms with E-state index in [1.165, 1.54) is 26.5 Å². The van der Waals surface area contributed by atoms with Gasteiger partial charge in [-0.3, -0.25) is 9.36 Å². The smallest absolute Gasteiger partial charge is 0.262 e. The Balaban J connectivity index is 1.67. The fourth-order valence-corrected chi connectivity index (χ4v) is 5.79. The molecule has 1 aliphatic rings. The highest BCUT2D eigenvalue weighted by Crippen LogP contribution is 2.25. The number of hydrogen-bond donors (Lipinski definition) is 0. The van der Waals surface area contributed by atoms with Crippen molar-refractivity contribution in [1.29, 1.82) is 0 Å². The van der Waals surface area contributed by atoms with Gasteiger partial charge in [0, 0.05) is 18.0 Å². The minimum Gasteiger partial charge on any atom is -0.379 e. The first-order valence-electron chi connectivity index (χ1n) is 9.00. The molecular weight excluding hydrogens is 398 g/mol. The van der Waals surface area contributed by atoms with Crippen molar-refractivity contribution in [2.75, 3.05) is 26.3 Å². The fourth-order valence-electron chi connectivity index (χ4n) is 3.32.